The van der Waals surface area contributed by atoms with Gasteiger partial charge in [0.1, 0.15) is 73.2 Å². The molecule has 0 radical (unpaired) electrons. The van der Waals surface area contributed by atoms with Crippen molar-refractivity contribution in [1.29, 1.82) is 0 Å². The first-order valence-corrected chi connectivity index (χ1v) is 29.9. The Balaban J connectivity index is 1.28. The third kappa shape index (κ3) is 25.5. The van der Waals surface area contributed by atoms with Crippen molar-refractivity contribution in [2.24, 2.45) is 0 Å². The molecule has 3 heterocycles. The van der Waals surface area contributed by atoms with Crippen molar-refractivity contribution in [2.45, 2.75) is 317 Å². The minimum Gasteiger partial charge on any atom is -0.394 e. The molecule has 0 spiro atoms. The number of amides is 1. The summed E-state index contributed by atoms with van der Waals surface area (Å²) in [7, 11) is 0. The summed E-state index contributed by atoms with van der Waals surface area (Å²) in [5.74, 6) is -0.327. The number of hydrogen-bond donors (Lipinski definition) is 12. The molecule has 3 saturated heterocycles. The van der Waals surface area contributed by atoms with Crippen molar-refractivity contribution in [2.75, 3.05) is 26.4 Å². The lowest BCUT2D eigenvalue weighted by molar-refractivity contribution is -0.379. The van der Waals surface area contributed by atoms with Gasteiger partial charge >= 0.3 is 0 Å². The predicted molar refractivity (Wildman–Crippen MR) is 287 cm³/mol. The molecule has 1 amide bonds. The van der Waals surface area contributed by atoms with Gasteiger partial charge in [0.25, 0.3) is 0 Å². The van der Waals surface area contributed by atoms with Gasteiger partial charge in [0.2, 0.25) is 5.91 Å². The molecule has 0 saturated carbocycles. The van der Waals surface area contributed by atoms with Gasteiger partial charge in [0.15, 0.2) is 18.9 Å². The molecule has 3 aliphatic rings. The third-order valence-corrected chi connectivity index (χ3v) is 15.3. The Hall–Kier alpha value is -1.47. The second-order valence-electron chi connectivity index (χ2n) is 21.8. The van der Waals surface area contributed by atoms with Crippen molar-refractivity contribution < 1.29 is 89.4 Å². The molecule has 0 aliphatic carbocycles. The van der Waals surface area contributed by atoms with Crippen LogP contribution < -0.4 is 5.32 Å². The maximum absolute atomic E-state index is 12.7. The average molecular weight is 1090 g/mol. The highest BCUT2D eigenvalue weighted by Gasteiger charge is 2.53. The molecule has 17 unspecified atom stereocenters. The molecular weight excluding hydrogens is 987 g/mol. The lowest BCUT2D eigenvalue weighted by atomic mass is 9.96. The first kappa shape index (κ1) is 68.8. The summed E-state index contributed by atoms with van der Waals surface area (Å²) < 4.78 is 33.9. The maximum atomic E-state index is 12.7. The van der Waals surface area contributed by atoms with Gasteiger partial charge < -0.3 is 89.9 Å². The minimum absolute atomic E-state index is 0.195. The van der Waals surface area contributed by atoms with Crippen LogP contribution in [0.3, 0.4) is 0 Å². The SMILES string of the molecule is CCCCCCCCCCCCCCCCCCCCCCCCCCCCCC/C=C/C(O)C(COC1OC(CO)C(OC2OC(CO)C(OC3OC(CO)C(O)C(O)C3O)C(O)C2O)C(O)C1O)NC(=O)CCC. The fraction of sp³-hybridized carbons (Fsp3) is 0.947. The van der Waals surface area contributed by atoms with E-state index in [4.69, 9.17) is 28.4 Å². The Kier molecular flexibility index (Phi) is 37.6. The average Bonchev–Trinajstić information content (AvgIpc) is 3.41. The van der Waals surface area contributed by atoms with Crippen molar-refractivity contribution in [3.05, 3.63) is 12.2 Å². The largest absolute Gasteiger partial charge is 0.394 e. The van der Waals surface area contributed by atoms with Crippen LogP contribution in [0.25, 0.3) is 0 Å². The van der Waals surface area contributed by atoms with Crippen LogP contribution in [0, 0.1) is 0 Å². The Bertz CT molecular complexity index is 1450. The Morgan fingerprint density at radius 1 is 0.461 bits per heavy atom. The zero-order valence-electron chi connectivity index (χ0n) is 46.5. The Labute approximate surface area is 455 Å². The summed E-state index contributed by atoms with van der Waals surface area (Å²) in [5.41, 5.74) is 0. The first-order chi connectivity index (χ1) is 36.8. The predicted octanol–water partition coefficient (Wildman–Crippen LogP) is 4.99. The van der Waals surface area contributed by atoms with Crippen LogP contribution in [0.4, 0.5) is 0 Å². The van der Waals surface area contributed by atoms with Crippen LogP contribution in [-0.2, 0) is 33.2 Å². The van der Waals surface area contributed by atoms with Crippen LogP contribution in [0.15, 0.2) is 12.2 Å². The fourth-order valence-corrected chi connectivity index (χ4v) is 10.4. The molecule has 19 heteroatoms. The number of rotatable bonds is 44. The summed E-state index contributed by atoms with van der Waals surface area (Å²) in [4.78, 5) is 12.7. The van der Waals surface area contributed by atoms with Crippen LogP contribution in [0.1, 0.15) is 213 Å². The van der Waals surface area contributed by atoms with Crippen molar-refractivity contribution in [3.63, 3.8) is 0 Å². The Morgan fingerprint density at radius 2 is 0.816 bits per heavy atom. The third-order valence-electron chi connectivity index (χ3n) is 15.3. The van der Waals surface area contributed by atoms with Crippen LogP contribution in [-0.4, -0.2) is 193 Å². The highest BCUT2D eigenvalue weighted by Crippen LogP contribution is 2.33. The van der Waals surface area contributed by atoms with Crippen LogP contribution in [0.2, 0.25) is 0 Å². The molecule has 12 N–H and O–H groups in total. The van der Waals surface area contributed by atoms with Gasteiger partial charge in [-0.2, -0.15) is 0 Å². The normalized spacial score (nSPS) is 31.0. The summed E-state index contributed by atoms with van der Waals surface area (Å²) in [6.07, 6.45) is 15.9. The van der Waals surface area contributed by atoms with E-state index in [0.29, 0.717) is 6.42 Å². The number of carbonyl (C=O) groups is 1. The number of hydrogen-bond acceptors (Lipinski definition) is 18. The standard InChI is InChI=1S/C57H107NO18/c1-3-5-6-7-8-9-10-11-12-13-14-15-16-17-18-19-20-21-22-23-24-25-26-27-28-29-30-31-32-33-35-41(62)40(58-45(63)34-4-2)39-71-55-51(69)48(66)53(43(37-60)73-55)76-57-52(70)49(67)54(44(38-61)74-57)75-56-50(68)47(65)46(64)42(36-59)72-56/h33,35,40-44,46-57,59-62,64-70H,3-32,34,36-39H2,1-2H3,(H,58,63)/b35-33+. The van der Waals surface area contributed by atoms with E-state index in [2.05, 4.69) is 12.2 Å². The van der Waals surface area contributed by atoms with E-state index in [1.54, 1.807) is 6.08 Å². The molecule has 3 fully saturated rings. The van der Waals surface area contributed by atoms with E-state index in [-0.39, 0.29) is 18.9 Å². The summed E-state index contributed by atoms with van der Waals surface area (Å²) in [6.45, 7) is 1.35. The number of ether oxygens (including phenoxy) is 6. The van der Waals surface area contributed by atoms with E-state index in [1.807, 2.05) is 13.0 Å². The number of allylic oxidation sites excluding steroid dienone is 1. The molecular formula is C57H107NO18. The summed E-state index contributed by atoms with van der Waals surface area (Å²) in [6, 6.07) is -0.964. The topological polar surface area (TPSA) is 307 Å². The van der Waals surface area contributed by atoms with Crippen molar-refractivity contribution in [3.8, 4) is 0 Å². The van der Waals surface area contributed by atoms with Gasteiger partial charge in [0, 0.05) is 6.42 Å². The number of nitrogens with one attached hydrogen (secondary N) is 1. The molecule has 0 aromatic heterocycles. The highest BCUT2D eigenvalue weighted by atomic mass is 16.8. The van der Waals surface area contributed by atoms with E-state index < -0.39 is 124 Å². The Morgan fingerprint density at radius 3 is 1.21 bits per heavy atom. The molecule has 448 valence electrons. The first-order valence-electron chi connectivity index (χ1n) is 29.9. The molecule has 3 aliphatic heterocycles. The highest BCUT2D eigenvalue weighted by molar-refractivity contribution is 5.76. The van der Waals surface area contributed by atoms with Gasteiger partial charge in [-0.15, -0.1) is 0 Å². The number of carbonyl (C=O) groups excluding carboxylic acids is 1. The lowest BCUT2D eigenvalue weighted by Crippen LogP contribution is -2.66. The minimum atomic E-state index is -1.97. The molecule has 3 rings (SSSR count). The monoisotopic (exact) mass is 1090 g/mol. The summed E-state index contributed by atoms with van der Waals surface area (Å²) >= 11 is 0. The molecule has 19 nitrogen and oxygen atoms in total. The van der Waals surface area contributed by atoms with Crippen LogP contribution >= 0.6 is 0 Å². The number of unbranched alkanes of at least 4 members (excludes halogenated alkanes) is 28. The van der Waals surface area contributed by atoms with E-state index >= 15 is 0 Å². The quantitative estimate of drug-likeness (QED) is 0.0283. The van der Waals surface area contributed by atoms with Gasteiger partial charge in [-0.05, 0) is 19.3 Å². The van der Waals surface area contributed by atoms with Crippen molar-refractivity contribution >= 4 is 5.91 Å². The number of aliphatic hydroxyl groups is 11. The molecule has 0 bridgehead atoms. The second kappa shape index (κ2) is 41.5. The smallest absolute Gasteiger partial charge is 0.220 e. The second-order valence-corrected chi connectivity index (χ2v) is 21.8. The fourth-order valence-electron chi connectivity index (χ4n) is 10.4. The zero-order chi connectivity index (χ0) is 55.5. The molecule has 17 atom stereocenters. The molecule has 76 heavy (non-hydrogen) atoms. The molecule has 0 aromatic carbocycles. The molecule has 0 aromatic rings. The maximum Gasteiger partial charge on any atom is 0.220 e. The van der Waals surface area contributed by atoms with Gasteiger partial charge in [-0.3, -0.25) is 4.79 Å². The van der Waals surface area contributed by atoms with Gasteiger partial charge in [-0.1, -0.05) is 199 Å². The van der Waals surface area contributed by atoms with E-state index in [9.17, 15) is 61.0 Å². The van der Waals surface area contributed by atoms with Crippen molar-refractivity contribution in [1.82, 2.24) is 5.32 Å². The van der Waals surface area contributed by atoms with E-state index in [1.165, 1.54) is 161 Å². The van der Waals surface area contributed by atoms with Gasteiger partial charge in [-0.25, -0.2) is 0 Å². The number of aliphatic hydroxyl groups excluding tert-OH is 11. The zero-order valence-corrected chi connectivity index (χ0v) is 46.5. The van der Waals surface area contributed by atoms with Crippen LogP contribution in [0.5, 0.6) is 0 Å². The van der Waals surface area contributed by atoms with E-state index in [0.717, 1.165) is 25.7 Å². The summed E-state index contributed by atoms with van der Waals surface area (Å²) in [5, 5.41) is 119. The van der Waals surface area contributed by atoms with Gasteiger partial charge in [0.05, 0.1) is 38.6 Å². The lowest BCUT2D eigenvalue weighted by Gasteiger charge is -2.48.